The minimum absolute atomic E-state index is 0.118. The molecule has 0 saturated heterocycles. The van der Waals surface area contributed by atoms with Crippen LogP contribution in [-0.4, -0.2) is 13.2 Å². The SMILES string of the molecule is CC(C)(C#N)CNC1CCOc2c(Cl)cc(Cl)cc21. The van der Waals surface area contributed by atoms with Gasteiger partial charge in [0.2, 0.25) is 0 Å². The van der Waals surface area contributed by atoms with Crippen molar-refractivity contribution in [3.63, 3.8) is 0 Å². The van der Waals surface area contributed by atoms with Crippen LogP contribution in [0.1, 0.15) is 31.9 Å². The third kappa shape index (κ3) is 3.33. The molecule has 102 valence electrons. The van der Waals surface area contributed by atoms with Gasteiger partial charge in [0.25, 0.3) is 0 Å². The van der Waals surface area contributed by atoms with E-state index in [1.165, 1.54) is 0 Å². The quantitative estimate of drug-likeness (QED) is 0.919. The molecule has 0 bridgehead atoms. The predicted octanol–water partition coefficient (Wildman–Crippen LogP) is 3.96. The van der Waals surface area contributed by atoms with Crippen LogP contribution in [0.25, 0.3) is 0 Å². The van der Waals surface area contributed by atoms with E-state index in [-0.39, 0.29) is 6.04 Å². The van der Waals surface area contributed by atoms with Crippen LogP contribution in [0.2, 0.25) is 10.0 Å². The zero-order valence-electron chi connectivity index (χ0n) is 11.0. The van der Waals surface area contributed by atoms with Crippen molar-refractivity contribution >= 4 is 23.2 Å². The Hall–Kier alpha value is -0.950. The zero-order chi connectivity index (χ0) is 14.0. The summed E-state index contributed by atoms with van der Waals surface area (Å²) in [6.45, 7) is 5.03. The van der Waals surface area contributed by atoms with Gasteiger partial charge >= 0.3 is 0 Å². The largest absolute Gasteiger partial charge is 0.492 e. The fourth-order valence-electron chi connectivity index (χ4n) is 2.06. The molecule has 1 aromatic rings. The number of hydrogen-bond acceptors (Lipinski definition) is 3. The van der Waals surface area contributed by atoms with E-state index in [0.717, 1.165) is 12.0 Å². The average molecular weight is 299 g/mol. The molecule has 0 aromatic heterocycles. The van der Waals surface area contributed by atoms with Gasteiger partial charge in [-0.05, 0) is 26.0 Å². The van der Waals surface area contributed by atoms with Crippen molar-refractivity contribution in [3.8, 4) is 11.8 Å². The van der Waals surface area contributed by atoms with E-state index in [9.17, 15) is 0 Å². The lowest BCUT2D eigenvalue weighted by atomic mass is 9.93. The van der Waals surface area contributed by atoms with Crippen molar-refractivity contribution in [2.24, 2.45) is 5.41 Å². The minimum Gasteiger partial charge on any atom is -0.492 e. The Morgan fingerprint density at radius 3 is 2.89 bits per heavy atom. The second kappa shape index (κ2) is 5.58. The van der Waals surface area contributed by atoms with Crippen LogP contribution in [0, 0.1) is 16.7 Å². The van der Waals surface area contributed by atoms with Crippen molar-refractivity contribution in [2.45, 2.75) is 26.3 Å². The molecule has 2 rings (SSSR count). The summed E-state index contributed by atoms with van der Waals surface area (Å²) in [5.74, 6) is 0.699. The van der Waals surface area contributed by atoms with Gasteiger partial charge in [-0.25, -0.2) is 0 Å². The second-order valence-electron chi connectivity index (χ2n) is 5.37. The first kappa shape index (κ1) is 14.5. The molecule has 1 aliphatic heterocycles. The molecular weight excluding hydrogens is 283 g/mol. The normalized spacial score (nSPS) is 18.4. The molecular formula is C14H16Cl2N2O. The summed E-state index contributed by atoms with van der Waals surface area (Å²) in [7, 11) is 0. The number of benzene rings is 1. The summed E-state index contributed by atoms with van der Waals surface area (Å²) in [5.41, 5.74) is 0.568. The Balaban J connectivity index is 2.21. The summed E-state index contributed by atoms with van der Waals surface area (Å²) >= 11 is 12.2. The van der Waals surface area contributed by atoms with E-state index < -0.39 is 5.41 Å². The molecule has 0 amide bonds. The first-order valence-corrected chi connectivity index (χ1v) is 6.95. The molecule has 0 fully saturated rings. The molecule has 1 aliphatic rings. The number of nitriles is 1. The van der Waals surface area contributed by atoms with Gasteiger partial charge in [-0.3, -0.25) is 0 Å². The molecule has 1 heterocycles. The van der Waals surface area contributed by atoms with Gasteiger partial charge in [-0.1, -0.05) is 23.2 Å². The number of fused-ring (bicyclic) bond motifs is 1. The molecule has 0 aliphatic carbocycles. The van der Waals surface area contributed by atoms with Gasteiger partial charge < -0.3 is 10.1 Å². The van der Waals surface area contributed by atoms with Crippen LogP contribution >= 0.6 is 23.2 Å². The lowest BCUT2D eigenvalue weighted by Gasteiger charge is -2.29. The summed E-state index contributed by atoms with van der Waals surface area (Å²) in [6, 6.07) is 5.96. The second-order valence-corrected chi connectivity index (χ2v) is 6.22. The first-order valence-electron chi connectivity index (χ1n) is 6.19. The molecule has 0 saturated carbocycles. The van der Waals surface area contributed by atoms with Crippen molar-refractivity contribution in [3.05, 3.63) is 27.7 Å². The van der Waals surface area contributed by atoms with Gasteiger partial charge in [-0.15, -0.1) is 0 Å². The summed E-state index contributed by atoms with van der Waals surface area (Å²) in [5, 5.41) is 13.6. The minimum atomic E-state index is -0.402. The lowest BCUT2D eigenvalue weighted by molar-refractivity contribution is 0.245. The predicted molar refractivity (Wildman–Crippen MR) is 76.7 cm³/mol. The summed E-state index contributed by atoms with van der Waals surface area (Å²) < 4.78 is 5.60. The van der Waals surface area contributed by atoms with E-state index in [0.29, 0.717) is 28.9 Å². The number of ether oxygens (including phenoxy) is 1. The van der Waals surface area contributed by atoms with Crippen molar-refractivity contribution in [1.82, 2.24) is 5.32 Å². The summed E-state index contributed by atoms with van der Waals surface area (Å²) in [6.07, 6.45) is 0.838. The Bertz CT molecular complexity index is 523. The van der Waals surface area contributed by atoms with Crippen molar-refractivity contribution in [2.75, 3.05) is 13.2 Å². The molecule has 5 heteroatoms. The Morgan fingerprint density at radius 2 is 2.21 bits per heavy atom. The highest BCUT2D eigenvalue weighted by atomic mass is 35.5. The third-order valence-electron chi connectivity index (χ3n) is 3.16. The lowest BCUT2D eigenvalue weighted by Crippen LogP contribution is -2.34. The molecule has 1 N–H and O–H groups in total. The topological polar surface area (TPSA) is 45.0 Å². The molecule has 1 unspecified atom stereocenters. The van der Waals surface area contributed by atoms with Gasteiger partial charge in [-0.2, -0.15) is 5.26 Å². The highest BCUT2D eigenvalue weighted by molar-refractivity contribution is 6.35. The highest BCUT2D eigenvalue weighted by Gasteiger charge is 2.26. The van der Waals surface area contributed by atoms with Gasteiger partial charge in [0.1, 0.15) is 5.75 Å². The maximum atomic E-state index is 9.05. The smallest absolute Gasteiger partial charge is 0.142 e. The fourth-order valence-corrected chi connectivity index (χ4v) is 2.62. The van der Waals surface area contributed by atoms with Crippen molar-refractivity contribution in [1.29, 1.82) is 5.26 Å². The monoisotopic (exact) mass is 298 g/mol. The fraction of sp³-hybridized carbons (Fsp3) is 0.500. The van der Waals surface area contributed by atoms with Crippen LogP contribution in [0.3, 0.4) is 0 Å². The van der Waals surface area contributed by atoms with Crippen molar-refractivity contribution < 1.29 is 4.74 Å². The Morgan fingerprint density at radius 1 is 1.47 bits per heavy atom. The van der Waals surface area contributed by atoms with Crippen LogP contribution < -0.4 is 10.1 Å². The van der Waals surface area contributed by atoms with E-state index in [1.807, 2.05) is 19.9 Å². The van der Waals surface area contributed by atoms with E-state index in [2.05, 4.69) is 11.4 Å². The van der Waals surface area contributed by atoms with Gasteiger partial charge in [0, 0.05) is 29.6 Å². The van der Waals surface area contributed by atoms with Crippen LogP contribution in [0.15, 0.2) is 12.1 Å². The molecule has 19 heavy (non-hydrogen) atoms. The average Bonchev–Trinajstić information content (AvgIpc) is 2.36. The maximum Gasteiger partial charge on any atom is 0.142 e. The molecule has 0 radical (unpaired) electrons. The number of hydrogen-bond donors (Lipinski definition) is 1. The van der Waals surface area contributed by atoms with E-state index in [1.54, 1.807) is 6.07 Å². The van der Waals surface area contributed by atoms with E-state index >= 15 is 0 Å². The number of nitrogens with zero attached hydrogens (tertiary/aromatic N) is 1. The standard InChI is InChI=1S/C14H16Cl2N2O/c1-14(2,7-17)8-18-12-3-4-19-13-10(12)5-9(15)6-11(13)16/h5-6,12,18H,3-4,8H2,1-2H3. The zero-order valence-corrected chi connectivity index (χ0v) is 12.5. The molecule has 0 spiro atoms. The van der Waals surface area contributed by atoms with Gasteiger partial charge in [0.15, 0.2) is 0 Å². The maximum absolute atomic E-state index is 9.05. The summed E-state index contributed by atoms with van der Waals surface area (Å²) in [4.78, 5) is 0. The molecule has 1 atom stereocenters. The molecule has 1 aromatic carbocycles. The molecule has 3 nitrogen and oxygen atoms in total. The van der Waals surface area contributed by atoms with E-state index in [4.69, 9.17) is 33.2 Å². The highest BCUT2D eigenvalue weighted by Crippen LogP contribution is 2.40. The van der Waals surface area contributed by atoms with Crippen LogP contribution in [0.4, 0.5) is 0 Å². The Labute approximate surface area is 123 Å². The van der Waals surface area contributed by atoms with Crippen LogP contribution in [-0.2, 0) is 0 Å². The van der Waals surface area contributed by atoms with Crippen LogP contribution in [0.5, 0.6) is 5.75 Å². The third-order valence-corrected chi connectivity index (χ3v) is 3.66. The number of nitrogens with one attached hydrogen (secondary N) is 1. The Kier molecular flexibility index (Phi) is 4.25. The first-order chi connectivity index (χ1) is 8.93. The number of rotatable bonds is 3. The van der Waals surface area contributed by atoms with Gasteiger partial charge in [0.05, 0.1) is 23.1 Å². The number of halogens is 2.